The number of methoxy groups -OCH3 is 1. The second-order valence-corrected chi connectivity index (χ2v) is 3.68. The molecule has 0 atom stereocenters. The molecule has 0 bridgehead atoms. The lowest BCUT2D eigenvalue weighted by Gasteiger charge is -2.08. The zero-order valence-corrected chi connectivity index (χ0v) is 11.1. The maximum Gasteiger partial charge on any atom is 0.215 e. The molecule has 0 aliphatic heterocycles. The summed E-state index contributed by atoms with van der Waals surface area (Å²) in [6.07, 6.45) is 0.935. The molecular formula is C13H22N2O3. The summed E-state index contributed by atoms with van der Waals surface area (Å²) in [7, 11) is 1.67. The molecule has 1 aromatic rings. The highest BCUT2D eigenvalue weighted by Crippen LogP contribution is 2.10. The summed E-state index contributed by atoms with van der Waals surface area (Å²) < 4.78 is 15.6. The molecule has 1 rings (SSSR count). The molecule has 0 radical (unpaired) electrons. The summed E-state index contributed by atoms with van der Waals surface area (Å²) in [4.78, 5) is 4.32. The second-order valence-electron chi connectivity index (χ2n) is 3.68. The van der Waals surface area contributed by atoms with Crippen molar-refractivity contribution in [2.75, 3.05) is 45.4 Å². The number of nitrogens with zero attached hydrogens (tertiary/aromatic N) is 1. The van der Waals surface area contributed by atoms with E-state index in [0.29, 0.717) is 25.7 Å². The van der Waals surface area contributed by atoms with E-state index in [4.69, 9.17) is 14.2 Å². The summed E-state index contributed by atoms with van der Waals surface area (Å²) in [5, 5.41) is 3.23. The SMILES string of the molecule is CCOc1cccc(NCCCOCCOC)n1. The maximum absolute atomic E-state index is 5.36. The van der Waals surface area contributed by atoms with E-state index < -0.39 is 0 Å². The van der Waals surface area contributed by atoms with Crippen LogP contribution in [0.1, 0.15) is 13.3 Å². The Kier molecular flexibility index (Phi) is 7.92. The molecule has 18 heavy (non-hydrogen) atoms. The average molecular weight is 254 g/mol. The second kappa shape index (κ2) is 9.67. The Labute approximate surface area is 108 Å². The van der Waals surface area contributed by atoms with Crippen LogP contribution in [-0.2, 0) is 9.47 Å². The van der Waals surface area contributed by atoms with Gasteiger partial charge >= 0.3 is 0 Å². The van der Waals surface area contributed by atoms with E-state index in [0.717, 1.165) is 25.4 Å². The van der Waals surface area contributed by atoms with Crippen molar-refractivity contribution in [1.82, 2.24) is 4.98 Å². The van der Waals surface area contributed by atoms with E-state index in [1.807, 2.05) is 25.1 Å². The largest absolute Gasteiger partial charge is 0.478 e. The van der Waals surface area contributed by atoms with Crippen molar-refractivity contribution >= 4 is 5.82 Å². The van der Waals surface area contributed by atoms with Gasteiger partial charge in [0, 0.05) is 26.3 Å². The minimum absolute atomic E-state index is 0.629. The molecule has 1 aromatic heterocycles. The lowest BCUT2D eigenvalue weighted by molar-refractivity contribution is 0.0705. The van der Waals surface area contributed by atoms with Gasteiger partial charge in [-0.1, -0.05) is 6.07 Å². The van der Waals surface area contributed by atoms with Crippen LogP contribution in [0.5, 0.6) is 5.88 Å². The van der Waals surface area contributed by atoms with Gasteiger partial charge in [-0.2, -0.15) is 4.98 Å². The van der Waals surface area contributed by atoms with Crippen LogP contribution in [0.25, 0.3) is 0 Å². The van der Waals surface area contributed by atoms with Crippen LogP contribution in [0, 0.1) is 0 Å². The van der Waals surface area contributed by atoms with Crippen molar-refractivity contribution in [2.24, 2.45) is 0 Å². The third-order valence-electron chi connectivity index (χ3n) is 2.22. The maximum atomic E-state index is 5.36. The number of pyridine rings is 1. The Bertz CT molecular complexity index is 321. The van der Waals surface area contributed by atoms with Gasteiger partial charge in [0.25, 0.3) is 0 Å². The molecule has 0 fully saturated rings. The van der Waals surface area contributed by atoms with Crippen molar-refractivity contribution in [2.45, 2.75) is 13.3 Å². The van der Waals surface area contributed by atoms with Crippen LogP contribution in [-0.4, -0.2) is 45.1 Å². The van der Waals surface area contributed by atoms with Crippen molar-refractivity contribution in [3.8, 4) is 5.88 Å². The smallest absolute Gasteiger partial charge is 0.215 e. The molecule has 0 unspecified atom stereocenters. The third-order valence-corrected chi connectivity index (χ3v) is 2.22. The lowest BCUT2D eigenvalue weighted by Crippen LogP contribution is -2.09. The predicted molar refractivity (Wildman–Crippen MR) is 71.2 cm³/mol. The first kappa shape index (κ1) is 14.7. The quantitative estimate of drug-likeness (QED) is 0.647. The summed E-state index contributed by atoms with van der Waals surface area (Å²) in [5.74, 6) is 1.48. The fourth-order valence-electron chi connectivity index (χ4n) is 1.38. The first-order valence-electron chi connectivity index (χ1n) is 6.27. The topological polar surface area (TPSA) is 52.6 Å². The molecule has 102 valence electrons. The van der Waals surface area contributed by atoms with Gasteiger partial charge in [0.05, 0.1) is 19.8 Å². The minimum atomic E-state index is 0.629. The molecule has 0 aliphatic carbocycles. The number of aromatic nitrogens is 1. The first-order chi connectivity index (χ1) is 8.86. The van der Waals surface area contributed by atoms with E-state index in [2.05, 4.69) is 10.3 Å². The van der Waals surface area contributed by atoms with Gasteiger partial charge in [-0.05, 0) is 19.4 Å². The van der Waals surface area contributed by atoms with E-state index in [1.165, 1.54) is 0 Å². The molecular weight excluding hydrogens is 232 g/mol. The molecule has 1 heterocycles. The Morgan fingerprint density at radius 3 is 2.89 bits per heavy atom. The number of rotatable bonds is 10. The lowest BCUT2D eigenvalue weighted by atomic mass is 10.4. The normalized spacial score (nSPS) is 10.3. The van der Waals surface area contributed by atoms with E-state index in [-0.39, 0.29) is 0 Å². The molecule has 0 amide bonds. The first-order valence-corrected chi connectivity index (χ1v) is 6.27. The van der Waals surface area contributed by atoms with Crippen LogP contribution < -0.4 is 10.1 Å². The number of hydrogen-bond donors (Lipinski definition) is 1. The molecule has 0 saturated heterocycles. The molecule has 1 N–H and O–H groups in total. The zero-order chi connectivity index (χ0) is 13.1. The van der Waals surface area contributed by atoms with Gasteiger partial charge in [-0.3, -0.25) is 0 Å². The Morgan fingerprint density at radius 1 is 1.22 bits per heavy atom. The summed E-state index contributed by atoms with van der Waals surface area (Å²) in [5.41, 5.74) is 0. The van der Waals surface area contributed by atoms with Crippen LogP contribution in [0.3, 0.4) is 0 Å². The molecule has 5 nitrogen and oxygen atoms in total. The molecule has 0 aromatic carbocycles. The van der Waals surface area contributed by atoms with E-state index in [1.54, 1.807) is 7.11 Å². The Morgan fingerprint density at radius 2 is 2.11 bits per heavy atom. The average Bonchev–Trinajstić information content (AvgIpc) is 2.39. The van der Waals surface area contributed by atoms with Gasteiger partial charge < -0.3 is 19.5 Å². The molecule has 0 spiro atoms. The van der Waals surface area contributed by atoms with Crippen LogP contribution in [0.2, 0.25) is 0 Å². The molecule has 0 saturated carbocycles. The van der Waals surface area contributed by atoms with Gasteiger partial charge in [0.15, 0.2) is 0 Å². The highest BCUT2D eigenvalue weighted by atomic mass is 16.5. The van der Waals surface area contributed by atoms with Crippen LogP contribution in [0.4, 0.5) is 5.82 Å². The summed E-state index contributed by atoms with van der Waals surface area (Å²) in [6.45, 7) is 5.42. The number of hydrogen-bond acceptors (Lipinski definition) is 5. The highest BCUT2D eigenvalue weighted by Gasteiger charge is 1.97. The van der Waals surface area contributed by atoms with Gasteiger partial charge in [-0.25, -0.2) is 0 Å². The molecule has 0 aliphatic rings. The van der Waals surface area contributed by atoms with Crippen LogP contribution in [0.15, 0.2) is 18.2 Å². The Balaban J connectivity index is 2.13. The van der Waals surface area contributed by atoms with Crippen molar-refractivity contribution < 1.29 is 14.2 Å². The highest BCUT2D eigenvalue weighted by molar-refractivity contribution is 5.36. The van der Waals surface area contributed by atoms with Crippen molar-refractivity contribution in [3.05, 3.63) is 18.2 Å². The monoisotopic (exact) mass is 254 g/mol. The number of nitrogens with one attached hydrogen (secondary N) is 1. The fraction of sp³-hybridized carbons (Fsp3) is 0.615. The minimum Gasteiger partial charge on any atom is -0.478 e. The van der Waals surface area contributed by atoms with Gasteiger partial charge in [0.1, 0.15) is 5.82 Å². The predicted octanol–water partition coefficient (Wildman–Crippen LogP) is 1.95. The van der Waals surface area contributed by atoms with Gasteiger partial charge in [-0.15, -0.1) is 0 Å². The van der Waals surface area contributed by atoms with E-state index >= 15 is 0 Å². The summed E-state index contributed by atoms with van der Waals surface area (Å²) in [6, 6.07) is 5.70. The van der Waals surface area contributed by atoms with E-state index in [9.17, 15) is 0 Å². The van der Waals surface area contributed by atoms with Gasteiger partial charge in [0.2, 0.25) is 5.88 Å². The molecule has 5 heteroatoms. The Hall–Kier alpha value is -1.33. The standard InChI is InChI=1S/C13H22N2O3/c1-3-18-13-7-4-6-12(15-13)14-8-5-9-17-11-10-16-2/h4,6-7H,3,5,8-11H2,1-2H3,(H,14,15). The fourth-order valence-corrected chi connectivity index (χ4v) is 1.38. The zero-order valence-electron chi connectivity index (χ0n) is 11.1. The summed E-state index contributed by atoms with van der Waals surface area (Å²) >= 11 is 0. The number of ether oxygens (including phenoxy) is 3. The van der Waals surface area contributed by atoms with Crippen LogP contribution >= 0.6 is 0 Å². The van der Waals surface area contributed by atoms with Crippen molar-refractivity contribution in [3.63, 3.8) is 0 Å². The van der Waals surface area contributed by atoms with Crippen molar-refractivity contribution in [1.29, 1.82) is 0 Å². The number of anilines is 1. The third kappa shape index (κ3) is 6.42.